The van der Waals surface area contributed by atoms with Crippen LogP contribution in [0.15, 0.2) is 59.7 Å². The van der Waals surface area contributed by atoms with Gasteiger partial charge in [0.05, 0.1) is 5.69 Å². The van der Waals surface area contributed by atoms with Crippen LogP contribution in [0.25, 0.3) is 0 Å². The van der Waals surface area contributed by atoms with Gasteiger partial charge in [-0.3, -0.25) is 15.0 Å². The molecule has 0 bridgehead atoms. The van der Waals surface area contributed by atoms with Crippen LogP contribution in [0.3, 0.4) is 0 Å². The Morgan fingerprint density at radius 1 is 1.11 bits per heavy atom. The Hall–Kier alpha value is -3.19. The Bertz CT molecular complexity index is 960. The summed E-state index contributed by atoms with van der Waals surface area (Å²) < 4.78 is 5.25. The molecule has 0 radical (unpaired) electrons. The monoisotopic (exact) mass is 383 g/mol. The smallest absolute Gasteiger partial charge is 0.355 e. The minimum atomic E-state index is -1.01. The number of rotatable bonds is 4. The molecule has 1 N–H and O–H groups in total. The molecular weight excluding hydrogens is 370 g/mol. The van der Waals surface area contributed by atoms with E-state index in [1.807, 2.05) is 30.3 Å². The second kappa shape index (κ2) is 6.85. The molecule has 136 valence electrons. The van der Waals surface area contributed by atoms with Gasteiger partial charge in [0.2, 0.25) is 5.91 Å². The number of hydrogen-bond donors (Lipinski definition) is 1. The lowest BCUT2D eigenvalue weighted by atomic mass is 9.99. The summed E-state index contributed by atoms with van der Waals surface area (Å²) in [5, 5.41) is 4.27. The van der Waals surface area contributed by atoms with Crippen LogP contribution in [-0.4, -0.2) is 29.5 Å². The Labute approximate surface area is 159 Å². The summed E-state index contributed by atoms with van der Waals surface area (Å²) in [6.45, 7) is 0.0518. The molecule has 27 heavy (non-hydrogen) atoms. The lowest BCUT2D eigenvalue weighted by molar-refractivity contribution is -0.137. The number of imide groups is 1. The number of fused-ring (bicyclic) bond motifs is 1. The minimum absolute atomic E-state index is 0.0518. The summed E-state index contributed by atoms with van der Waals surface area (Å²) in [4.78, 5) is 38.9. The molecule has 4 rings (SSSR count). The SMILES string of the molecule is O=C(OCc1ccccc1)C1=NN[C@H]2C(=O)N(c3cccc(Cl)c3)C(=O)[C@H]12. The van der Waals surface area contributed by atoms with Crippen LogP contribution in [0.2, 0.25) is 5.02 Å². The molecule has 1 saturated heterocycles. The molecule has 2 aromatic carbocycles. The molecule has 2 amide bonds. The number of carbonyl (C=O) groups is 3. The van der Waals surface area contributed by atoms with Gasteiger partial charge in [-0.15, -0.1) is 0 Å². The Morgan fingerprint density at radius 3 is 2.63 bits per heavy atom. The van der Waals surface area contributed by atoms with Crippen molar-refractivity contribution in [2.24, 2.45) is 11.0 Å². The van der Waals surface area contributed by atoms with Gasteiger partial charge in [-0.25, -0.2) is 9.69 Å². The number of hydrogen-bond acceptors (Lipinski definition) is 6. The molecule has 0 aliphatic carbocycles. The summed E-state index contributed by atoms with van der Waals surface area (Å²) in [6.07, 6.45) is 0. The van der Waals surface area contributed by atoms with Crippen molar-refractivity contribution >= 4 is 40.8 Å². The number of anilines is 1. The standard InChI is InChI=1S/C19H14ClN3O4/c20-12-7-4-8-13(9-12)23-17(24)14-15(18(23)25)21-22-16(14)19(26)27-10-11-5-2-1-3-6-11/h1-9,14-15,21H,10H2/t14-,15+/m0/s1. The highest BCUT2D eigenvalue weighted by Crippen LogP contribution is 2.32. The summed E-state index contributed by atoms with van der Waals surface area (Å²) in [7, 11) is 0. The van der Waals surface area contributed by atoms with Crippen molar-refractivity contribution in [3.63, 3.8) is 0 Å². The van der Waals surface area contributed by atoms with Crippen LogP contribution in [-0.2, 0) is 25.7 Å². The van der Waals surface area contributed by atoms with Gasteiger partial charge in [0.15, 0.2) is 5.71 Å². The zero-order chi connectivity index (χ0) is 19.0. The molecule has 0 aromatic heterocycles. The van der Waals surface area contributed by atoms with E-state index in [4.69, 9.17) is 16.3 Å². The van der Waals surface area contributed by atoms with Crippen molar-refractivity contribution in [3.8, 4) is 0 Å². The van der Waals surface area contributed by atoms with E-state index in [1.165, 1.54) is 6.07 Å². The van der Waals surface area contributed by atoms with Gasteiger partial charge < -0.3 is 4.74 Å². The summed E-state index contributed by atoms with van der Waals surface area (Å²) in [5.41, 5.74) is 3.65. The van der Waals surface area contributed by atoms with Crippen molar-refractivity contribution in [1.29, 1.82) is 0 Å². The number of hydrazone groups is 1. The number of amides is 2. The first kappa shape index (κ1) is 17.2. The van der Waals surface area contributed by atoms with Gasteiger partial charge in [0.1, 0.15) is 18.6 Å². The third-order valence-corrected chi connectivity index (χ3v) is 4.65. The van der Waals surface area contributed by atoms with E-state index in [1.54, 1.807) is 18.2 Å². The van der Waals surface area contributed by atoms with Gasteiger partial charge in [0.25, 0.3) is 5.91 Å². The topological polar surface area (TPSA) is 88.1 Å². The maximum atomic E-state index is 12.8. The van der Waals surface area contributed by atoms with E-state index in [2.05, 4.69) is 10.5 Å². The average Bonchev–Trinajstić information content (AvgIpc) is 3.21. The number of nitrogens with zero attached hydrogens (tertiary/aromatic N) is 2. The van der Waals surface area contributed by atoms with Crippen LogP contribution in [0.5, 0.6) is 0 Å². The van der Waals surface area contributed by atoms with Crippen molar-refractivity contribution < 1.29 is 19.1 Å². The van der Waals surface area contributed by atoms with Crippen molar-refractivity contribution in [2.75, 3.05) is 4.90 Å². The predicted octanol–water partition coefficient (Wildman–Crippen LogP) is 1.90. The van der Waals surface area contributed by atoms with E-state index in [9.17, 15) is 14.4 Å². The lowest BCUT2D eigenvalue weighted by Crippen LogP contribution is -2.36. The Morgan fingerprint density at radius 2 is 1.89 bits per heavy atom. The molecular formula is C19H14ClN3O4. The third-order valence-electron chi connectivity index (χ3n) is 4.41. The largest absolute Gasteiger partial charge is 0.456 e. The maximum Gasteiger partial charge on any atom is 0.355 e. The van der Waals surface area contributed by atoms with Crippen LogP contribution < -0.4 is 10.3 Å². The number of carbonyl (C=O) groups excluding carboxylic acids is 3. The number of halogens is 1. The van der Waals surface area contributed by atoms with Crippen LogP contribution in [0.1, 0.15) is 5.56 Å². The second-order valence-electron chi connectivity index (χ2n) is 6.13. The first-order valence-corrected chi connectivity index (χ1v) is 8.61. The van der Waals surface area contributed by atoms with Gasteiger partial charge in [-0.1, -0.05) is 48.0 Å². The molecule has 2 aliphatic heterocycles. The summed E-state index contributed by atoms with van der Waals surface area (Å²) >= 11 is 5.96. The fourth-order valence-corrected chi connectivity index (χ4v) is 3.31. The molecule has 1 fully saturated rings. The molecule has 8 heteroatoms. The number of nitrogens with one attached hydrogen (secondary N) is 1. The van der Waals surface area contributed by atoms with Crippen LogP contribution in [0, 0.1) is 5.92 Å². The van der Waals surface area contributed by atoms with E-state index < -0.39 is 29.7 Å². The fraction of sp³-hybridized carbons (Fsp3) is 0.158. The molecule has 2 aromatic rings. The highest BCUT2D eigenvalue weighted by atomic mass is 35.5. The van der Waals surface area contributed by atoms with Gasteiger partial charge in [0, 0.05) is 5.02 Å². The second-order valence-corrected chi connectivity index (χ2v) is 6.57. The van der Waals surface area contributed by atoms with E-state index in [0.29, 0.717) is 10.7 Å². The average molecular weight is 384 g/mol. The van der Waals surface area contributed by atoms with Crippen molar-refractivity contribution in [2.45, 2.75) is 12.6 Å². The molecule has 0 saturated carbocycles. The Balaban J connectivity index is 1.52. The lowest BCUT2D eigenvalue weighted by Gasteiger charge is -2.15. The molecule has 0 spiro atoms. The van der Waals surface area contributed by atoms with Gasteiger partial charge >= 0.3 is 5.97 Å². The fourth-order valence-electron chi connectivity index (χ4n) is 3.12. The number of ether oxygens (including phenoxy) is 1. The predicted molar refractivity (Wildman–Crippen MR) is 98.0 cm³/mol. The maximum absolute atomic E-state index is 12.8. The highest BCUT2D eigenvalue weighted by Gasteiger charge is 2.55. The zero-order valence-electron chi connectivity index (χ0n) is 14.0. The number of benzene rings is 2. The molecule has 7 nitrogen and oxygen atoms in total. The first-order chi connectivity index (χ1) is 13.1. The van der Waals surface area contributed by atoms with Crippen LogP contribution in [0.4, 0.5) is 5.69 Å². The molecule has 0 unspecified atom stereocenters. The highest BCUT2D eigenvalue weighted by molar-refractivity contribution is 6.46. The normalized spacial score (nSPS) is 20.9. The first-order valence-electron chi connectivity index (χ1n) is 8.24. The summed E-state index contributed by atoms with van der Waals surface area (Å²) in [5.74, 6) is -2.76. The summed E-state index contributed by atoms with van der Waals surface area (Å²) in [6, 6.07) is 14.6. The van der Waals surface area contributed by atoms with Gasteiger partial charge in [-0.2, -0.15) is 5.10 Å². The van der Waals surface area contributed by atoms with Crippen molar-refractivity contribution in [3.05, 3.63) is 65.2 Å². The number of esters is 1. The van der Waals surface area contributed by atoms with Gasteiger partial charge in [-0.05, 0) is 23.8 Å². The zero-order valence-corrected chi connectivity index (χ0v) is 14.7. The molecule has 2 aliphatic rings. The van der Waals surface area contributed by atoms with E-state index >= 15 is 0 Å². The minimum Gasteiger partial charge on any atom is -0.456 e. The molecule has 2 heterocycles. The van der Waals surface area contributed by atoms with Crippen molar-refractivity contribution in [1.82, 2.24) is 5.43 Å². The Kier molecular flexibility index (Phi) is 4.37. The van der Waals surface area contributed by atoms with E-state index in [-0.39, 0.29) is 12.3 Å². The van der Waals surface area contributed by atoms with Crippen LogP contribution >= 0.6 is 11.6 Å². The van der Waals surface area contributed by atoms with E-state index in [0.717, 1.165) is 10.5 Å². The quantitative estimate of drug-likeness (QED) is 0.643. The molecule has 2 atom stereocenters. The third kappa shape index (κ3) is 3.06.